The molecule has 1 aromatic carbocycles. The molecule has 3 heterocycles. The van der Waals surface area contributed by atoms with Crippen molar-refractivity contribution >= 4 is 30.8 Å². The molecule has 4 N–H and O–H groups in total. The summed E-state index contributed by atoms with van der Waals surface area (Å²) in [5.41, 5.74) is 3.07. The van der Waals surface area contributed by atoms with Crippen LogP contribution in [0.5, 0.6) is 11.6 Å². The molecule has 246 valence electrons. The summed E-state index contributed by atoms with van der Waals surface area (Å²) in [5.74, 6) is -4.08. The topological polar surface area (TPSA) is 182 Å². The monoisotopic (exact) mass is 654 g/mol. The molecular formula is C28H37F2N6O8P. The first-order chi connectivity index (χ1) is 21.3. The van der Waals surface area contributed by atoms with Crippen LogP contribution in [0.2, 0.25) is 0 Å². The number of nitrogens with two attached hydrogens (primary N) is 1. The minimum absolute atomic E-state index is 0.0221. The van der Waals surface area contributed by atoms with Crippen LogP contribution in [0.25, 0.3) is 11.2 Å². The summed E-state index contributed by atoms with van der Waals surface area (Å²) in [6.07, 6.45) is 0.910. The zero-order valence-corrected chi connectivity index (χ0v) is 26.0. The number of aliphatic hydroxyl groups excluding tert-OH is 1. The van der Waals surface area contributed by atoms with E-state index >= 15 is 8.78 Å². The number of para-hydroxylation sites is 1. The third kappa shape index (κ3) is 7.04. The Morgan fingerprint density at radius 3 is 2.64 bits per heavy atom. The molecule has 1 aliphatic heterocycles. The normalized spacial score (nSPS) is 27.6. The number of carbonyl (C=O) groups is 1. The van der Waals surface area contributed by atoms with Gasteiger partial charge in [0.15, 0.2) is 29.2 Å². The Labute approximate surface area is 258 Å². The predicted octanol–water partition coefficient (Wildman–Crippen LogP) is 4.15. The van der Waals surface area contributed by atoms with E-state index in [0.29, 0.717) is 12.8 Å². The quantitative estimate of drug-likeness (QED) is 0.187. The third-order valence-electron chi connectivity index (χ3n) is 7.61. The van der Waals surface area contributed by atoms with Crippen LogP contribution in [0.1, 0.15) is 59.1 Å². The van der Waals surface area contributed by atoms with Crippen LogP contribution >= 0.6 is 7.75 Å². The second kappa shape index (κ2) is 13.1. The summed E-state index contributed by atoms with van der Waals surface area (Å²) >= 11 is 0. The Morgan fingerprint density at radius 1 is 1.24 bits per heavy atom. The van der Waals surface area contributed by atoms with Gasteiger partial charge in [-0.1, -0.05) is 24.6 Å². The number of aromatic nitrogens is 4. The number of aliphatic hydroxyl groups is 1. The van der Waals surface area contributed by atoms with Crippen LogP contribution in [0, 0.1) is 0 Å². The molecule has 1 saturated carbocycles. The summed E-state index contributed by atoms with van der Waals surface area (Å²) in [5, 5.41) is 13.3. The van der Waals surface area contributed by atoms with E-state index in [1.165, 1.54) is 19.1 Å². The molecular weight excluding hydrogens is 617 g/mol. The number of imidazole rings is 1. The highest BCUT2D eigenvalue weighted by atomic mass is 31.2. The number of hydrogen-bond acceptors (Lipinski definition) is 12. The minimum Gasteiger partial charge on any atom is -0.476 e. The number of hydrogen-bond donors (Lipinski definition) is 3. The second-order valence-corrected chi connectivity index (χ2v) is 12.9. The van der Waals surface area contributed by atoms with E-state index in [-0.39, 0.29) is 41.5 Å². The number of anilines is 1. The predicted molar refractivity (Wildman–Crippen MR) is 157 cm³/mol. The van der Waals surface area contributed by atoms with Crippen molar-refractivity contribution in [3.63, 3.8) is 0 Å². The van der Waals surface area contributed by atoms with Gasteiger partial charge >= 0.3 is 13.7 Å². The Bertz CT molecular complexity index is 1540. The molecule has 1 saturated heterocycles. The maximum atomic E-state index is 16.3. The number of rotatable bonds is 12. The fraction of sp³-hybridized carbons (Fsp3) is 0.571. The van der Waals surface area contributed by atoms with Crippen LogP contribution in [-0.2, 0) is 23.4 Å². The minimum atomic E-state index is -4.58. The Kier molecular flexibility index (Phi) is 9.61. The lowest BCUT2D eigenvalue weighted by Gasteiger charge is -2.28. The molecule has 0 spiro atoms. The zero-order valence-electron chi connectivity index (χ0n) is 25.1. The van der Waals surface area contributed by atoms with Crippen LogP contribution < -0.4 is 20.1 Å². The molecule has 0 amide bonds. The molecule has 6 atom stereocenters. The van der Waals surface area contributed by atoms with Gasteiger partial charge in [-0.25, -0.2) is 18.3 Å². The fourth-order valence-corrected chi connectivity index (χ4v) is 6.81. The van der Waals surface area contributed by atoms with Crippen molar-refractivity contribution in [2.75, 3.05) is 18.9 Å². The molecule has 45 heavy (non-hydrogen) atoms. The molecule has 2 aliphatic rings. The van der Waals surface area contributed by atoms with E-state index in [1.54, 1.807) is 25.1 Å². The smallest absolute Gasteiger partial charge is 0.459 e. The zero-order chi connectivity index (χ0) is 32.4. The van der Waals surface area contributed by atoms with E-state index in [9.17, 15) is 14.5 Å². The summed E-state index contributed by atoms with van der Waals surface area (Å²) in [7, 11) is -4.58. The highest BCUT2D eigenvalue weighted by molar-refractivity contribution is 7.52. The number of esters is 1. The van der Waals surface area contributed by atoms with Gasteiger partial charge in [-0.2, -0.15) is 15.1 Å². The molecule has 2 unspecified atom stereocenters. The van der Waals surface area contributed by atoms with Crippen molar-refractivity contribution in [3.05, 3.63) is 36.7 Å². The van der Waals surface area contributed by atoms with Crippen LogP contribution in [0.3, 0.4) is 0 Å². The number of alkyl halides is 2. The fourth-order valence-electron chi connectivity index (χ4n) is 5.30. The lowest BCUT2D eigenvalue weighted by Crippen LogP contribution is -2.47. The molecule has 2 fully saturated rings. The van der Waals surface area contributed by atoms with Crippen LogP contribution in [-0.4, -0.2) is 73.6 Å². The van der Waals surface area contributed by atoms with Gasteiger partial charge in [0.25, 0.3) is 5.85 Å². The summed E-state index contributed by atoms with van der Waals surface area (Å²) in [6, 6.07) is 6.63. The van der Waals surface area contributed by atoms with Crippen LogP contribution in [0.4, 0.5) is 14.7 Å². The highest BCUT2D eigenvalue weighted by Crippen LogP contribution is 2.52. The molecule has 5 rings (SSSR count). The highest BCUT2D eigenvalue weighted by Gasteiger charge is 2.65. The molecule has 0 bridgehead atoms. The Hall–Kier alpha value is -3.43. The number of nitrogens with zero attached hydrogens (tertiary/aromatic N) is 4. The SMILES string of the molecule is CCOc1nc(N)nc2c1ncn2[C@@H]1O[C@](F)(COP(=O)(NC(C)C(=O)OC2CCCCC2)Oc2ccccc2)[C@@H](O)[C@@]1(C)F. The van der Waals surface area contributed by atoms with E-state index in [1.807, 2.05) is 0 Å². The molecule has 0 radical (unpaired) electrons. The van der Waals surface area contributed by atoms with Crippen molar-refractivity contribution in [1.29, 1.82) is 0 Å². The largest absolute Gasteiger partial charge is 0.476 e. The Balaban J connectivity index is 1.37. The maximum Gasteiger partial charge on any atom is 0.459 e. The molecule has 17 heteroatoms. The first-order valence-electron chi connectivity index (χ1n) is 14.7. The number of ether oxygens (including phenoxy) is 3. The lowest BCUT2D eigenvalue weighted by atomic mass is 9.97. The summed E-state index contributed by atoms with van der Waals surface area (Å²) in [6.45, 7) is 2.98. The van der Waals surface area contributed by atoms with Gasteiger partial charge in [-0.15, -0.1) is 0 Å². The number of nitrogen functional groups attached to an aromatic ring is 1. The first kappa shape index (κ1) is 32.9. The van der Waals surface area contributed by atoms with Gasteiger partial charge in [0.05, 0.1) is 12.9 Å². The number of benzene rings is 1. The average molecular weight is 655 g/mol. The number of fused-ring (bicyclic) bond motifs is 1. The van der Waals surface area contributed by atoms with Gasteiger partial charge in [0, 0.05) is 0 Å². The third-order valence-corrected chi connectivity index (χ3v) is 9.24. The Morgan fingerprint density at radius 2 is 1.96 bits per heavy atom. The van der Waals surface area contributed by atoms with Gasteiger partial charge in [-0.05, 0) is 58.6 Å². The molecule has 3 aromatic rings. The van der Waals surface area contributed by atoms with Gasteiger partial charge in [-0.3, -0.25) is 13.9 Å². The van der Waals surface area contributed by atoms with E-state index in [2.05, 4.69) is 20.0 Å². The van der Waals surface area contributed by atoms with Crippen molar-refractivity contribution in [2.24, 2.45) is 0 Å². The second-order valence-electron chi connectivity index (χ2n) is 11.2. The van der Waals surface area contributed by atoms with Gasteiger partial charge in [0.1, 0.15) is 24.5 Å². The summed E-state index contributed by atoms with van der Waals surface area (Å²) in [4.78, 5) is 25.0. The van der Waals surface area contributed by atoms with Crippen LogP contribution in [0.15, 0.2) is 36.7 Å². The standard InChI is InChI=1S/C28H37F2N6O8P/c1-4-40-22-20-21(33-26(31)34-22)36(16-32-20)25-27(3,29)24(38)28(30,43-25)15-41-45(39,44-19-13-9-6-10-14-19)35-17(2)23(37)42-18-11-7-5-8-12-18/h6,9-10,13-14,16-18,24-25,38H,4-5,7-8,11-12,15H2,1-3H3,(H,35,39)(H2,31,33,34)/t17?,24-,25+,27+,28+,45?/m0/s1. The maximum absolute atomic E-state index is 16.3. The summed E-state index contributed by atoms with van der Waals surface area (Å²) < 4.78 is 74.9. The van der Waals surface area contributed by atoms with Gasteiger partial charge < -0.3 is 29.6 Å². The van der Waals surface area contributed by atoms with Crippen molar-refractivity contribution in [2.45, 2.75) is 88.9 Å². The first-order valence-corrected chi connectivity index (χ1v) is 16.2. The molecule has 1 aliphatic carbocycles. The van der Waals surface area contributed by atoms with E-state index < -0.39 is 50.2 Å². The van der Waals surface area contributed by atoms with E-state index in [4.69, 9.17) is 29.0 Å². The number of halogens is 2. The molecule has 2 aromatic heterocycles. The van der Waals surface area contributed by atoms with Crippen molar-refractivity contribution < 1.29 is 46.5 Å². The lowest BCUT2D eigenvalue weighted by molar-refractivity contribution is -0.202. The van der Waals surface area contributed by atoms with Crippen molar-refractivity contribution in [1.82, 2.24) is 24.6 Å². The average Bonchev–Trinajstić information content (AvgIpc) is 3.50. The number of nitrogens with one attached hydrogen (secondary N) is 1. The molecule has 14 nitrogen and oxygen atoms in total. The van der Waals surface area contributed by atoms with E-state index in [0.717, 1.165) is 37.1 Å². The van der Waals surface area contributed by atoms with Gasteiger partial charge in [0.2, 0.25) is 11.8 Å². The van der Waals surface area contributed by atoms with Crippen molar-refractivity contribution in [3.8, 4) is 11.6 Å². The number of carbonyl (C=O) groups excluding carboxylic acids is 1.